The third kappa shape index (κ3) is 7.39. The fourth-order valence-electron chi connectivity index (χ4n) is 4.90. The van der Waals surface area contributed by atoms with Gasteiger partial charge in [-0.05, 0) is 37.0 Å². The van der Waals surface area contributed by atoms with E-state index in [1.165, 1.54) is 31.3 Å². The van der Waals surface area contributed by atoms with Crippen molar-refractivity contribution in [3.05, 3.63) is 83.5 Å². The number of aliphatic imine (C=N–C) groups is 2. The number of ether oxygens (including phenoxy) is 2. The fourth-order valence-corrected chi connectivity index (χ4v) is 4.90. The fraction of sp³-hybridized carbons (Fsp3) is 0.452. The van der Waals surface area contributed by atoms with Crippen LogP contribution in [0.2, 0.25) is 0 Å². The van der Waals surface area contributed by atoms with Crippen LogP contribution in [0, 0.1) is 5.92 Å². The first-order valence-corrected chi connectivity index (χ1v) is 13.2. The van der Waals surface area contributed by atoms with Crippen molar-refractivity contribution in [2.75, 3.05) is 13.2 Å². The lowest BCUT2D eigenvalue weighted by atomic mass is 9.69. The topological polar surface area (TPSA) is 60.2 Å². The molecule has 0 N–H and O–H groups in total. The quantitative estimate of drug-likeness (QED) is 0.154. The van der Waals surface area contributed by atoms with E-state index in [2.05, 4.69) is 37.6 Å². The molecule has 5 heteroatoms. The van der Waals surface area contributed by atoms with Crippen molar-refractivity contribution in [1.29, 1.82) is 0 Å². The van der Waals surface area contributed by atoms with Crippen LogP contribution in [0.1, 0.15) is 71.3 Å². The second-order valence-electron chi connectivity index (χ2n) is 9.58. The van der Waals surface area contributed by atoms with Gasteiger partial charge >= 0.3 is 6.16 Å². The first kappa shape index (κ1) is 27.4. The molecule has 0 spiro atoms. The van der Waals surface area contributed by atoms with E-state index < -0.39 is 11.7 Å². The molecule has 2 atom stereocenters. The molecule has 2 unspecified atom stereocenters. The number of benzene rings is 1. The number of carbonyl (C=O) groups is 1. The van der Waals surface area contributed by atoms with Crippen LogP contribution in [0.15, 0.2) is 87.9 Å². The van der Waals surface area contributed by atoms with Gasteiger partial charge in [0.05, 0.1) is 13.2 Å². The van der Waals surface area contributed by atoms with Gasteiger partial charge in [0.25, 0.3) is 0 Å². The van der Waals surface area contributed by atoms with Crippen LogP contribution in [-0.2, 0) is 9.47 Å². The van der Waals surface area contributed by atoms with Crippen molar-refractivity contribution in [3.8, 4) is 0 Å². The number of nitrogens with zero attached hydrogens (tertiary/aromatic N) is 2. The van der Waals surface area contributed by atoms with Crippen LogP contribution in [0.3, 0.4) is 0 Å². The molecule has 5 nitrogen and oxygen atoms in total. The average Bonchev–Trinajstić information content (AvgIpc) is 2.91. The van der Waals surface area contributed by atoms with Crippen LogP contribution in [0.5, 0.6) is 0 Å². The molecule has 1 aliphatic carbocycles. The molecule has 1 aromatic rings. The summed E-state index contributed by atoms with van der Waals surface area (Å²) < 4.78 is 10.8. The minimum Gasteiger partial charge on any atom is -0.434 e. The Kier molecular flexibility index (Phi) is 10.5. The van der Waals surface area contributed by atoms with Crippen LogP contribution in [-0.4, -0.2) is 37.0 Å². The zero-order chi connectivity index (χ0) is 25.8. The molecule has 1 aromatic carbocycles. The molecule has 3 rings (SSSR count). The van der Waals surface area contributed by atoms with E-state index in [1.807, 2.05) is 49.5 Å². The van der Waals surface area contributed by atoms with Crippen molar-refractivity contribution in [3.63, 3.8) is 0 Å². The number of carbonyl (C=O) groups excluding carboxylic acids is 1. The summed E-state index contributed by atoms with van der Waals surface area (Å²) in [4.78, 5) is 22.1. The maximum absolute atomic E-state index is 12.3. The summed E-state index contributed by atoms with van der Waals surface area (Å²) in [6, 6.07) is 10.1. The molecule has 0 aromatic heterocycles. The third-order valence-electron chi connectivity index (χ3n) is 6.75. The monoisotopic (exact) mass is 488 g/mol. The average molecular weight is 489 g/mol. The minimum absolute atomic E-state index is 0.0334. The Balaban J connectivity index is 1.74. The van der Waals surface area contributed by atoms with E-state index in [-0.39, 0.29) is 11.8 Å². The van der Waals surface area contributed by atoms with Crippen molar-refractivity contribution in [2.24, 2.45) is 15.9 Å². The van der Waals surface area contributed by atoms with Gasteiger partial charge in [-0.25, -0.2) is 4.79 Å². The van der Waals surface area contributed by atoms with Gasteiger partial charge in [0.2, 0.25) is 5.90 Å². The lowest BCUT2D eigenvalue weighted by molar-refractivity contribution is 0.0940. The molecule has 0 saturated heterocycles. The van der Waals surface area contributed by atoms with Crippen molar-refractivity contribution in [1.82, 2.24) is 0 Å². The van der Waals surface area contributed by atoms with Gasteiger partial charge in [0, 0.05) is 24.6 Å². The normalized spacial score (nSPS) is 23.9. The van der Waals surface area contributed by atoms with Gasteiger partial charge in [-0.2, -0.15) is 0 Å². The summed E-state index contributed by atoms with van der Waals surface area (Å²) in [5, 5.41) is 0. The summed E-state index contributed by atoms with van der Waals surface area (Å²) >= 11 is 0. The Morgan fingerprint density at radius 2 is 1.92 bits per heavy atom. The van der Waals surface area contributed by atoms with Gasteiger partial charge in [0.1, 0.15) is 5.54 Å². The predicted molar refractivity (Wildman–Crippen MR) is 149 cm³/mol. The Hall–Kier alpha value is -3.21. The second kappa shape index (κ2) is 13.8. The van der Waals surface area contributed by atoms with E-state index in [4.69, 9.17) is 14.5 Å². The Labute approximate surface area is 216 Å². The number of allylic oxidation sites excluding steroid dienone is 1. The number of rotatable bonds is 9. The lowest BCUT2D eigenvalue weighted by Gasteiger charge is -2.40. The molecule has 0 radical (unpaired) electrons. The van der Waals surface area contributed by atoms with Crippen molar-refractivity contribution < 1.29 is 14.3 Å². The van der Waals surface area contributed by atoms with Gasteiger partial charge in [0.15, 0.2) is 0 Å². The SMILES string of the molecule is C=C1/C=C\C(OC(=O)OCCCCCCCC)=NCC2C=C(C)CC1(N=Cc1ccccc1)/C2=C/C. The number of hydrogen-bond donors (Lipinski definition) is 0. The van der Waals surface area contributed by atoms with E-state index in [9.17, 15) is 4.79 Å². The van der Waals surface area contributed by atoms with Crippen molar-refractivity contribution in [2.45, 2.75) is 71.3 Å². The number of unbranched alkanes of at least 4 members (excludes halogenated alkanes) is 5. The highest BCUT2D eigenvalue weighted by molar-refractivity contribution is 5.95. The zero-order valence-electron chi connectivity index (χ0n) is 22.0. The van der Waals surface area contributed by atoms with Gasteiger partial charge in [-0.1, -0.05) is 99.7 Å². The van der Waals surface area contributed by atoms with E-state index in [0.29, 0.717) is 13.2 Å². The number of fused-ring (bicyclic) bond motifs is 2. The molecule has 0 saturated carbocycles. The van der Waals surface area contributed by atoms with Crippen LogP contribution in [0.25, 0.3) is 0 Å². The standard InChI is InChI=1S/C31H40N2O3/c1-5-7-8-9-10-14-19-35-30(34)36-29-18-17-25(4)31(33-22-26-15-12-11-13-16-26)21-24(3)20-27(23-32-29)28(31)6-2/h6,11-13,15-18,20,22,27H,4-5,7-10,14,19,21,23H2,1-3H3/b18-17-,28-6+,32-29?,33-22?. The highest BCUT2D eigenvalue weighted by Gasteiger charge is 2.41. The molecule has 36 heavy (non-hydrogen) atoms. The van der Waals surface area contributed by atoms with Gasteiger partial charge < -0.3 is 9.47 Å². The Morgan fingerprint density at radius 3 is 2.67 bits per heavy atom. The molecule has 0 amide bonds. The van der Waals surface area contributed by atoms with Crippen LogP contribution >= 0.6 is 0 Å². The van der Waals surface area contributed by atoms with E-state index in [0.717, 1.165) is 36.0 Å². The third-order valence-corrected chi connectivity index (χ3v) is 6.75. The van der Waals surface area contributed by atoms with Gasteiger partial charge in [-0.3, -0.25) is 9.98 Å². The summed E-state index contributed by atoms with van der Waals surface area (Å²) in [6.07, 6.45) is 16.7. The van der Waals surface area contributed by atoms with Crippen LogP contribution in [0.4, 0.5) is 4.79 Å². The molecule has 192 valence electrons. The molecular weight excluding hydrogens is 448 g/mol. The van der Waals surface area contributed by atoms with E-state index >= 15 is 0 Å². The molecule has 2 aliphatic rings. The largest absolute Gasteiger partial charge is 0.515 e. The summed E-state index contributed by atoms with van der Waals surface area (Å²) in [6.45, 7) is 11.6. The molecule has 1 aliphatic heterocycles. The summed E-state index contributed by atoms with van der Waals surface area (Å²) in [7, 11) is 0. The number of hydrogen-bond acceptors (Lipinski definition) is 5. The highest BCUT2D eigenvalue weighted by Crippen LogP contribution is 2.45. The Bertz CT molecular complexity index is 1050. The molecule has 1 heterocycles. The summed E-state index contributed by atoms with van der Waals surface area (Å²) in [5.74, 6) is 0.270. The maximum Gasteiger partial charge on any atom is 0.515 e. The predicted octanol–water partition coefficient (Wildman–Crippen LogP) is 7.80. The summed E-state index contributed by atoms with van der Waals surface area (Å²) in [5.41, 5.74) is 3.66. The minimum atomic E-state index is -0.713. The first-order valence-electron chi connectivity index (χ1n) is 13.2. The first-order chi connectivity index (χ1) is 17.5. The molecular formula is C31H40N2O3. The maximum atomic E-state index is 12.3. The van der Waals surface area contributed by atoms with Crippen molar-refractivity contribution >= 4 is 18.3 Å². The Morgan fingerprint density at radius 1 is 1.17 bits per heavy atom. The van der Waals surface area contributed by atoms with Gasteiger partial charge in [-0.15, -0.1) is 0 Å². The molecule has 0 fully saturated rings. The second-order valence-corrected chi connectivity index (χ2v) is 9.58. The van der Waals surface area contributed by atoms with Crippen LogP contribution < -0.4 is 0 Å². The lowest BCUT2D eigenvalue weighted by Crippen LogP contribution is -2.38. The highest BCUT2D eigenvalue weighted by atomic mass is 16.7. The molecule has 2 bridgehead atoms. The smallest absolute Gasteiger partial charge is 0.434 e. The zero-order valence-corrected chi connectivity index (χ0v) is 22.0. The van der Waals surface area contributed by atoms with E-state index in [1.54, 1.807) is 6.08 Å².